The van der Waals surface area contributed by atoms with Crippen LogP contribution in [0, 0.1) is 0 Å². The van der Waals surface area contributed by atoms with Gasteiger partial charge >= 0.3 is 11.9 Å². The van der Waals surface area contributed by atoms with Gasteiger partial charge in [0.2, 0.25) is 6.79 Å². The fraction of sp³-hybridized carbons (Fsp3) is 0.583. The van der Waals surface area contributed by atoms with Crippen molar-refractivity contribution in [1.29, 1.82) is 0 Å². The van der Waals surface area contributed by atoms with Crippen molar-refractivity contribution in [2.24, 2.45) is 0 Å². The summed E-state index contributed by atoms with van der Waals surface area (Å²) in [5.74, 6) is 0.0894. The Morgan fingerprint density at radius 1 is 1.24 bits per heavy atom. The molecule has 1 spiro atoms. The zero-order valence-electron chi connectivity index (χ0n) is 19.1. The normalized spacial score (nSPS) is 29.2. The second-order valence-electron chi connectivity index (χ2n) is 9.32. The maximum absolute atomic E-state index is 13.1. The summed E-state index contributed by atoms with van der Waals surface area (Å²) in [6, 6.07) is 4.01. The Bertz CT molecular complexity index is 1020. The number of nitrogens with zero attached hydrogens (tertiary/aromatic N) is 1. The molecule has 1 saturated heterocycles. The van der Waals surface area contributed by atoms with Gasteiger partial charge in [0.25, 0.3) is 0 Å². The third-order valence-corrected chi connectivity index (χ3v) is 7.35. The lowest BCUT2D eigenvalue weighted by atomic mass is 9.77. The Labute approximate surface area is 192 Å². The molecule has 1 N–H and O–H groups in total. The number of carbonyl (C=O) groups is 2. The lowest BCUT2D eigenvalue weighted by Gasteiger charge is -2.39. The largest absolute Gasteiger partial charge is 0.497 e. The molecule has 1 aromatic rings. The van der Waals surface area contributed by atoms with E-state index in [2.05, 4.69) is 15.7 Å². The molecule has 3 aliphatic heterocycles. The number of fused-ring (bicyclic) bond motifs is 3. The molecule has 1 unspecified atom stereocenters. The zero-order valence-corrected chi connectivity index (χ0v) is 19.1. The van der Waals surface area contributed by atoms with Crippen molar-refractivity contribution < 1.29 is 38.4 Å². The molecule has 0 bridgehead atoms. The van der Waals surface area contributed by atoms with E-state index in [1.807, 2.05) is 12.1 Å². The summed E-state index contributed by atoms with van der Waals surface area (Å²) in [6.07, 6.45) is 3.57. The van der Waals surface area contributed by atoms with Gasteiger partial charge in [-0.15, -0.1) is 0 Å². The summed E-state index contributed by atoms with van der Waals surface area (Å²) in [7, 11) is 2.76. The van der Waals surface area contributed by atoms with E-state index in [1.165, 1.54) is 14.0 Å². The SMILES string of the molecule is COC(=O)C[C@@](C)(O)C(=O)OC1C(OC)=C[C@]23CCCN2CCc2cc4c(cc2[C@H]13)OCO4. The van der Waals surface area contributed by atoms with Crippen LogP contribution in [0.4, 0.5) is 0 Å². The van der Waals surface area contributed by atoms with Crippen molar-refractivity contribution in [3.8, 4) is 11.5 Å². The molecular formula is C24H29NO8. The second kappa shape index (κ2) is 7.92. The first-order valence-corrected chi connectivity index (χ1v) is 11.2. The molecule has 3 heterocycles. The van der Waals surface area contributed by atoms with E-state index < -0.39 is 30.1 Å². The minimum Gasteiger partial charge on any atom is -0.497 e. The highest BCUT2D eigenvalue weighted by Gasteiger charge is 2.58. The smallest absolute Gasteiger partial charge is 0.339 e. The third-order valence-electron chi connectivity index (χ3n) is 7.35. The Hall–Kier alpha value is -2.78. The molecule has 1 aromatic carbocycles. The van der Waals surface area contributed by atoms with Gasteiger partial charge in [0.05, 0.1) is 32.1 Å². The van der Waals surface area contributed by atoms with Crippen molar-refractivity contribution in [3.63, 3.8) is 0 Å². The predicted molar refractivity (Wildman–Crippen MR) is 115 cm³/mol. The molecule has 1 aliphatic carbocycles. The number of carbonyl (C=O) groups excluding carboxylic acids is 2. The molecular weight excluding hydrogens is 430 g/mol. The number of esters is 2. The Kier molecular flexibility index (Phi) is 5.29. The van der Waals surface area contributed by atoms with Crippen LogP contribution in [0.3, 0.4) is 0 Å². The zero-order chi connectivity index (χ0) is 23.4. The number of rotatable bonds is 5. The Balaban J connectivity index is 1.56. The summed E-state index contributed by atoms with van der Waals surface area (Å²) in [5, 5.41) is 10.7. The molecule has 0 radical (unpaired) electrons. The number of hydrogen-bond donors (Lipinski definition) is 1. The van der Waals surface area contributed by atoms with E-state index in [-0.39, 0.29) is 18.2 Å². The van der Waals surface area contributed by atoms with Crippen LogP contribution in [0.1, 0.15) is 43.2 Å². The lowest BCUT2D eigenvalue weighted by molar-refractivity contribution is -0.175. The minimum absolute atomic E-state index is 0.177. The number of methoxy groups -OCH3 is 2. The van der Waals surface area contributed by atoms with Crippen molar-refractivity contribution in [3.05, 3.63) is 35.1 Å². The van der Waals surface area contributed by atoms with Gasteiger partial charge in [-0.2, -0.15) is 0 Å². The first-order valence-electron chi connectivity index (χ1n) is 11.2. The van der Waals surface area contributed by atoms with E-state index >= 15 is 0 Å². The average molecular weight is 459 g/mol. The quantitative estimate of drug-likeness (QED) is 0.659. The average Bonchev–Trinajstić information content (AvgIpc) is 3.47. The summed E-state index contributed by atoms with van der Waals surface area (Å²) in [5.41, 5.74) is -0.258. The molecule has 9 nitrogen and oxygen atoms in total. The van der Waals surface area contributed by atoms with Crippen molar-refractivity contribution in [2.75, 3.05) is 34.1 Å². The number of hydrogen-bond acceptors (Lipinski definition) is 9. The third kappa shape index (κ3) is 3.45. The molecule has 33 heavy (non-hydrogen) atoms. The van der Waals surface area contributed by atoms with Gasteiger partial charge in [0, 0.05) is 6.54 Å². The van der Waals surface area contributed by atoms with E-state index in [0.29, 0.717) is 11.5 Å². The lowest BCUT2D eigenvalue weighted by Crippen LogP contribution is -2.48. The molecule has 4 aliphatic rings. The van der Waals surface area contributed by atoms with Gasteiger partial charge in [0.15, 0.2) is 23.2 Å². The summed E-state index contributed by atoms with van der Waals surface area (Å²) < 4.78 is 27.5. The number of benzene rings is 1. The van der Waals surface area contributed by atoms with Crippen LogP contribution in [0.25, 0.3) is 0 Å². The fourth-order valence-corrected chi connectivity index (χ4v) is 5.76. The van der Waals surface area contributed by atoms with E-state index in [4.69, 9.17) is 18.9 Å². The van der Waals surface area contributed by atoms with Gasteiger partial charge in [-0.25, -0.2) is 4.79 Å². The molecule has 1 fully saturated rings. The van der Waals surface area contributed by atoms with Crippen LogP contribution < -0.4 is 9.47 Å². The molecule has 178 valence electrons. The van der Waals surface area contributed by atoms with Gasteiger partial charge in [0.1, 0.15) is 5.76 Å². The van der Waals surface area contributed by atoms with Crippen molar-refractivity contribution >= 4 is 11.9 Å². The van der Waals surface area contributed by atoms with Gasteiger partial charge in [-0.1, -0.05) is 0 Å². The first kappa shape index (κ1) is 22.0. The summed E-state index contributed by atoms with van der Waals surface area (Å²) >= 11 is 0. The van der Waals surface area contributed by atoms with Crippen LogP contribution in [0.2, 0.25) is 0 Å². The number of ether oxygens (including phenoxy) is 5. The van der Waals surface area contributed by atoms with Gasteiger partial charge < -0.3 is 28.8 Å². The molecule has 9 heteroatoms. The highest BCUT2D eigenvalue weighted by Crippen LogP contribution is 2.55. The van der Waals surface area contributed by atoms with Crippen LogP contribution >= 0.6 is 0 Å². The Morgan fingerprint density at radius 3 is 2.73 bits per heavy atom. The highest BCUT2D eigenvalue weighted by molar-refractivity contribution is 5.85. The van der Waals surface area contributed by atoms with Crippen molar-refractivity contribution in [2.45, 2.75) is 55.8 Å². The number of aliphatic hydroxyl groups is 1. The van der Waals surface area contributed by atoms with E-state index in [0.717, 1.165) is 49.2 Å². The first-order chi connectivity index (χ1) is 15.8. The van der Waals surface area contributed by atoms with Crippen LogP contribution in [-0.2, 0) is 30.2 Å². The topological polar surface area (TPSA) is 104 Å². The Morgan fingerprint density at radius 2 is 2.00 bits per heavy atom. The van der Waals surface area contributed by atoms with Crippen LogP contribution in [-0.4, -0.2) is 73.3 Å². The molecule has 5 rings (SSSR count). The van der Waals surface area contributed by atoms with Crippen LogP contribution in [0.15, 0.2) is 24.0 Å². The maximum Gasteiger partial charge on any atom is 0.339 e. The second-order valence-corrected chi connectivity index (χ2v) is 9.32. The maximum atomic E-state index is 13.1. The van der Waals surface area contributed by atoms with E-state index in [9.17, 15) is 14.7 Å². The van der Waals surface area contributed by atoms with Crippen molar-refractivity contribution in [1.82, 2.24) is 4.90 Å². The van der Waals surface area contributed by atoms with E-state index in [1.54, 1.807) is 7.11 Å². The van der Waals surface area contributed by atoms with Crippen LogP contribution in [0.5, 0.6) is 11.5 Å². The molecule has 0 aromatic heterocycles. The van der Waals surface area contributed by atoms with Gasteiger partial charge in [-0.3, -0.25) is 9.69 Å². The standard InChI is InChI=1S/C24H29NO8/c1-23(28,12-19(26)30-3)22(27)33-21-18(29-2)11-24-6-4-7-25(24)8-5-14-9-16-17(32-13-31-16)10-15(14)20(21)24/h9-11,20-21,28H,4-8,12-13H2,1-3H3/t20-,21?,23-,24+/m1/s1. The summed E-state index contributed by atoms with van der Waals surface area (Å²) in [4.78, 5) is 27.2. The molecule has 4 atom stereocenters. The highest BCUT2D eigenvalue weighted by atomic mass is 16.7. The predicted octanol–water partition coefficient (Wildman–Crippen LogP) is 1.66. The molecule has 0 amide bonds. The van der Waals surface area contributed by atoms with Gasteiger partial charge in [-0.05, 0) is 62.1 Å². The summed E-state index contributed by atoms with van der Waals surface area (Å²) in [6.45, 7) is 3.23. The monoisotopic (exact) mass is 459 g/mol. The fourth-order valence-electron chi connectivity index (χ4n) is 5.76. The minimum atomic E-state index is -2.03. The molecule has 0 saturated carbocycles.